The Morgan fingerprint density at radius 2 is 1.69 bits per heavy atom. The smallest absolute Gasteiger partial charge is 0.333 e. The van der Waals surface area contributed by atoms with Crippen molar-refractivity contribution in [1.29, 1.82) is 0 Å². The van der Waals surface area contributed by atoms with Crippen LogP contribution in [0.15, 0.2) is 12.2 Å². The van der Waals surface area contributed by atoms with E-state index in [0.717, 1.165) is 45.3 Å². The molecule has 0 radical (unpaired) electrons. The molecule has 0 aromatic carbocycles. The maximum Gasteiger partial charge on any atom is 0.333 e. The SMILES string of the molecule is C=C(C)C(=O)OCCCCCCOCCC. The lowest BCUT2D eigenvalue weighted by Crippen LogP contribution is -2.06. The van der Waals surface area contributed by atoms with E-state index >= 15 is 0 Å². The zero-order valence-electron chi connectivity index (χ0n) is 10.6. The summed E-state index contributed by atoms with van der Waals surface area (Å²) in [5.41, 5.74) is 0.466. The molecular weight excluding hydrogens is 204 g/mol. The van der Waals surface area contributed by atoms with E-state index in [1.54, 1.807) is 6.92 Å². The van der Waals surface area contributed by atoms with E-state index in [1.807, 2.05) is 0 Å². The number of hydrogen-bond donors (Lipinski definition) is 0. The van der Waals surface area contributed by atoms with Crippen molar-refractivity contribution in [3.8, 4) is 0 Å². The third-order valence-corrected chi connectivity index (χ3v) is 2.11. The van der Waals surface area contributed by atoms with Crippen LogP contribution in [0.3, 0.4) is 0 Å². The molecule has 0 saturated heterocycles. The number of unbranched alkanes of at least 4 members (excludes halogenated alkanes) is 3. The molecule has 0 spiro atoms. The number of esters is 1. The molecule has 3 heteroatoms. The van der Waals surface area contributed by atoms with Crippen molar-refractivity contribution in [2.45, 2.75) is 46.0 Å². The van der Waals surface area contributed by atoms with Gasteiger partial charge in [-0.3, -0.25) is 0 Å². The summed E-state index contributed by atoms with van der Waals surface area (Å²) in [7, 11) is 0. The van der Waals surface area contributed by atoms with Crippen molar-refractivity contribution < 1.29 is 14.3 Å². The van der Waals surface area contributed by atoms with Crippen LogP contribution in [0, 0.1) is 0 Å². The Morgan fingerprint density at radius 3 is 2.25 bits per heavy atom. The van der Waals surface area contributed by atoms with E-state index in [9.17, 15) is 4.79 Å². The van der Waals surface area contributed by atoms with Crippen molar-refractivity contribution in [1.82, 2.24) is 0 Å². The van der Waals surface area contributed by atoms with E-state index in [-0.39, 0.29) is 5.97 Å². The van der Waals surface area contributed by atoms with Crippen LogP contribution in [0.25, 0.3) is 0 Å². The van der Waals surface area contributed by atoms with Crippen LogP contribution in [0.2, 0.25) is 0 Å². The average molecular weight is 228 g/mol. The molecular formula is C13H24O3. The fourth-order valence-electron chi connectivity index (χ4n) is 1.19. The maximum absolute atomic E-state index is 11.0. The third kappa shape index (κ3) is 9.71. The van der Waals surface area contributed by atoms with Gasteiger partial charge in [0.25, 0.3) is 0 Å². The highest BCUT2D eigenvalue weighted by Gasteiger charge is 2.01. The fourth-order valence-corrected chi connectivity index (χ4v) is 1.19. The van der Waals surface area contributed by atoms with Gasteiger partial charge in [0.15, 0.2) is 0 Å². The Balaban J connectivity index is 3.10. The van der Waals surface area contributed by atoms with Crippen LogP contribution >= 0.6 is 0 Å². The van der Waals surface area contributed by atoms with E-state index in [2.05, 4.69) is 13.5 Å². The van der Waals surface area contributed by atoms with Crippen molar-refractivity contribution >= 4 is 5.97 Å². The Labute approximate surface area is 98.8 Å². The largest absolute Gasteiger partial charge is 0.462 e. The van der Waals surface area contributed by atoms with Gasteiger partial charge < -0.3 is 9.47 Å². The van der Waals surface area contributed by atoms with Crippen LogP contribution in [0.5, 0.6) is 0 Å². The topological polar surface area (TPSA) is 35.5 Å². The van der Waals surface area contributed by atoms with Crippen LogP contribution in [0.4, 0.5) is 0 Å². The average Bonchev–Trinajstić information content (AvgIpc) is 2.26. The molecule has 0 bridgehead atoms. The van der Waals surface area contributed by atoms with Gasteiger partial charge in [-0.1, -0.05) is 19.9 Å². The van der Waals surface area contributed by atoms with Crippen LogP contribution in [0.1, 0.15) is 46.0 Å². The molecule has 0 aliphatic heterocycles. The van der Waals surface area contributed by atoms with Gasteiger partial charge >= 0.3 is 5.97 Å². The molecule has 0 unspecified atom stereocenters. The quantitative estimate of drug-likeness (QED) is 0.327. The lowest BCUT2D eigenvalue weighted by Gasteiger charge is -2.04. The minimum Gasteiger partial charge on any atom is -0.462 e. The summed E-state index contributed by atoms with van der Waals surface area (Å²) < 4.78 is 10.3. The van der Waals surface area contributed by atoms with Crippen LogP contribution in [-0.4, -0.2) is 25.8 Å². The van der Waals surface area contributed by atoms with Crippen molar-refractivity contribution in [2.75, 3.05) is 19.8 Å². The molecule has 0 saturated carbocycles. The molecule has 0 aliphatic carbocycles. The molecule has 0 aromatic heterocycles. The molecule has 0 N–H and O–H groups in total. The first-order valence-corrected chi connectivity index (χ1v) is 6.08. The second-order valence-electron chi connectivity index (χ2n) is 3.94. The zero-order chi connectivity index (χ0) is 12.2. The molecule has 0 aromatic rings. The van der Waals surface area contributed by atoms with Gasteiger partial charge in [-0.05, 0) is 32.6 Å². The summed E-state index contributed by atoms with van der Waals surface area (Å²) in [5.74, 6) is -0.286. The molecule has 0 rings (SSSR count). The third-order valence-electron chi connectivity index (χ3n) is 2.11. The minimum absolute atomic E-state index is 0.286. The van der Waals surface area contributed by atoms with Gasteiger partial charge in [0.2, 0.25) is 0 Å². The second-order valence-corrected chi connectivity index (χ2v) is 3.94. The molecule has 0 fully saturated rings. The second kappa shape index (κ2) is 10.7. The predicted molar refractivity (Wildman–Crippen MR) is 65.4 cm³/mol. The maximum atomic E-state index is 11.0. The van der Waals surface area contributed by atoms with Crippen molar-refractivity contribution in [3.63, 3.8) is 0 Å². The zero-order valence-corrected chi connectivity index (χ0v) is 10.6. The normalized spacial score (nSPS) is 10.1. The standard InChI is InChI=1S/C13H24O3/c1-4-9-15-10-7-5-6-8-11-16-13(14)12(2)3/h2,4-11H2,1,3H3. The van der Waals surface area contributed by atoms with Crippen LogP contribution in [-0.2, 0) is 14.3 Å². The van der Waals surface area contributed by atoms with Crippen LogP contribution < -0.4 is 0 Å². The Bertz CT molecular complexity index is 199. The van der Waals surface area contributed by atoms with Gasteiger partial charge in [-0.25, -0.2) is 4.79 Å². The highest BCUT2D eigenvalue weighted by atomic mass is 16.5. The number of carbonyl (C=O) groups excluding carboxylic acids is 1. The first-order chi connectivity index (χ1) is 7.68. The summed E-state index contributed by atoms with van der Waals surface area (Å²) in [6.45, 7) is 9.49. The summed E-state index contributed by atoms with van der Waals surface area (Å²) >= 11 is 0. The summed E-state index contributed by atoms with van der Waals surface area (Å²) in [6.07, 6.45) is 5.31. The lowest BCUT2D eigenvalue weighted by atomic mass is 10.2. The molecule has 0 amide bonds. The van der Waals surface area contributed by atoms with Gasteiger partial charge in [0, 0.05) is 18.8 Å². The molecule has 3 nitrogen and oxygen atoms in total. The summed E-state index contributed by atoms with van der Waals surface area (Å²) in [4.78, 5) is 11.0. The van der Waals surface area contributed by atoms with Gasteiger partial charge in [0.1, 0.15) is 0 Å². The van der Waals surface area contributed by atoms with E-state index < -0.39 is 0 Å². The highest BCUT2D eigenvalue weighted by molar-refractivity contribution is 5.86. The Hall–Kier alpha value is -0.830. The van der Waals surface area contributed by atoms with E-state index in [0.29, 0.717) is 12.2 Å². The van der Waals surface area contributed by atoms with E-state index in [4.69, 9.17) is 9.47 Å². The molecule has 0 atom stereocenters. The molecule has 94 valence electrons. The number of carbonyl (C=O) groups is 1. The fraction of sp³-hybridized carbons (Fsp3) is 0.769. The Morgan fingerprint density at radius 1 is 1.06 bits per heavy atom. The van der Waals surface area contributed by atoms with Gasteiger partial charge in [0.05, 0.1) is 6.61 Å². The van der Waals surface area contributed by atoms with Gasteiger partial charge in [-0.15, -0.1) is 0 Å². The minimum atomic E-state index is -0.286. The highest BCUT2D eigenvalue weighted by Crippen LogP contribution is 2.02. The number of hydrogen-bond acceptors (Lipinski definition) is 3. The first-order valence-electron chi connectivity index (χ1n) is 6.08. The summed E-state index contributed by atoms with van der Waals surface area (Å²) in [6, 6.07) is 0. The first kappa shape index (κ1) is 15.2. The van der Waals surface area contributed by atoms with Crippen molar-refractivity contribution in [3.05, 3.63) is 12.2 Å². The summed E-state index contributed by atoms with van der Waals surface area (Å²) in [5, 5.41) is 0. The number of ether oxygens (including phenoxy) is 2. The molecule has 0 heterocycles. The molecule has 16 heavy (non-hydrogen) atoms. The monoisotopic (exact) mass is 228 g/mol. The lowest BCUT2D eigenvalue weighted by molar-refractivity contribution is -0.139. The number of rotatable bonds is 10. The van der Waals surface area contributed by atoms with Crippen molar-refractivity contribution in [2.24, 2.45) is 0 Å². The molecule has 0 aliphatic rings. The predicted octanol–water partition coefficient (Wildman–Crippen LogP) is 3.09. The Kier molecular flexibility index (Phi) is 10.1. The van der Waals surface area contributed by atoms with E-state index in [1.165, 1.54) is 0 Å². The van der Waals surface area contributed by atoms with Gasteiger partial charge in [-0.2, -0.15) is 0 Å².